The van der Waals surface area contributed by atoms with Crippen molar-refractivity contribution < 1.29 is 42.3 Å². The number of hydrogen-bond donors (Lipinski definition) is 0. The van der Waals surface area contributed by atoms with E-state index in [1.807, 2.05) is 0 Å². The first-order valence-electron chi connectivity index (χ1n) is 11.5. The Balaban J connectivity index is 1.71. The van der Waals surface area contributed by atoms with Gasteiger partial charge in [0.2, 0.25) is 11.7 Å². The highest BCUT2D eigenvalue weighted by Gasteiger charge is 2.33. The molecule has 0 bridgehead atoms. The number of fused-ring (bicyclic) bond motifs is 1. The number of methoxy groups -OCH3 is 1. The van der Waals surface area contributed by atoms with Gasteiger partial charge in [-0.2, -0.15) is 0 Å². The molecular formula is C26H19ClFN3O9. The lowest BCUT2D eigenvalue weighted by Gasteiger charge is -2.13. The Morgan fingerprint density at radius 3 is 2.50 bits per heavy atom. The number of aromatic nitrogens is 2. The Morgan fingerprint density at radius 2 is 1.85 bits per heavy atom. The predicted octanol–water partition coefficient (Wildman–Crippen LogP) is 4.76. The van der Waals surface area contributed by atoms with Gasteiger partial charge in [0.15, 0.2) is 5.92 Å². The molecule has 2 aromatic carbocycles. The van der Waals surface area contributed by atoms with E-state index in [2.05, 4.69) is 9.97 Å². The summed E-state index contributed by atoms with van der Waals surface area (Å²) in [4.78, 5) is 56.3. The first-order chi connectivity index (χ1) is 19.1. The van der Waals surface area contributed by atoms with Crippen LogP contribution in [0.15, 0.2) is 53.1 Å². The van der Waals surface area contributed by atoms with Crippen LogP contribution in [0.4, 0.5) is 10.1 Å². The van der Waals surface area contributed by atoms with Crippen LogP contribution in [0.2, 0.25) is 5.02 Å². The van der Waals surface area contributed by atoms with Gasteiger partial charge in [-0.25, -0.2) is 19.0 Å². The standard InChI is InChI=1S/C26H19ClFN3O9/c1-3-38-26(34)22-19(12-39-24(32)13-4-6-17(7-5-13)31(35)36)30-23(40-22)20(25(33)37-2)14-8-15-9-16(27)11-29-21(15)18(28)10-14/h4-11,20H,3,12H2,1-2H3. The van der Waals surface area contributed by atoms with E-state index in [-0.39, 0.29) is 50.9 Å². The Labute approximate surface area is 229 Å². The summed E-state index contributed by atoms with van der Waals surface area (Å²) < 4.78 is 35.6. The van der Waals surface area contributed by atoms with Crippen LogP contribution >= 0.6 is 11.6 Å². The van der Waals surface area contributed by atoms with Gasteiger partial charge < -0.3 is 18.6 Å². The molecule has 0 aliphatic heterocycles. The van der Waals surface area contributed by atoms with Gasteiger partial charge in [-0.15, -0.1) is 0 Å². The van der Waals surface area contributed by atoms with Crippen molar-refractivity contribution in [3.63, 3.8) is 0 Å². The zero-order valence-electron chi connectivity index (χ0n) is 20.9. The number of nitro groups is 1. The minimum absolute atomic E-state index is 0.00153. The average molecular weight is 572 g/mol. The van der Waals surface area contributed by atoms with Crippen molar-refractivity contribution in [2.45, 2.75) is 19.4 Å². The Bertz CT molecular complexity index is 1620. The van der Waals surface area contributed by atoms with Gasteiger partial charge in [0.25, 0.3) is 5.69 Å². The van der Waals surface area contributed by atoms with Crippen LogP contribution in [0.1, 0.15) is 50.9 Å². The number of nitro benzene ring substituents is 1. The number of halogens is 2. The fourth-order valence-corrected chi connectivity index (χ4v) is 3.91. The third-order valence-electron chi connectivity index (χ3n) is 5.57. The second kappa shape index (κ2) is 11.9. The summed E-state index contributed by atoms with van der Waals surface area (Å²) in [6.07, 6.45) is 1.27. The quantitative estimate of drug-likeness (QED) is 0.118. The number of oxazole rings is 1. The molecule has 0 N–H and O–H groups in total. The number of hydrogen-bond acceptors (Lipinski definition) is 11. The Hall–Kier alpha value is -4.91. The zero-order chi connectivity index (χ0) is 29.0. The molecule has 2 heterocycles. The Morgan fingerprint density at radius 1 is 1.12 bits per heavy atom. The first-order valence-corrected chi connectivity index (χ1v) is 11.9. The fourth-order valence-electron chi connectivity index (χ4n) is 3.75. The highest BCUT2D eigenvalue weighted by Crippen LogP contribution is 2.32. The SMILES string of the molecule is CCOC(=O)c1oc(C(C(=O)OC)c2cc(F)c3ncc(Cl)cc3c2)nc1COC(=O)c1ccc([N+](=O)[O-])cc1. The molecule has 0 saturated heterocycles. The van der Waals surface area contributed by atoms with E-state index in [1.165, 1.54) is 30.5 Å². The molecule has 14 heteroatoms. The summed E-state index contributed by atoms with van der Waals surface area (Å²) in [5, 5.41) is 11.4. The summed E-state index contributed by atoms with van der Waals surface area (Å²) in [5.74, 6) is -5.72. The van der Waals surface area contributed by atoms with Crippen LogP contribution in [0.3, 0.4) is 0 Å². The third-order valence-corrected chi connectivity index (χ3v) is 5.78. The van der Waals surface area contributed by atoms with E-state index in [0.717, 1.165) is 25.3 Å². The highest BCUT2D eigenvalue weighted by atomic mass is 35.5. The van der Waals surface area contributed by atoms with Crippen LogP contribution in [-0.4, -0.2) is 46.5 Å². The van der Waals surface area contributed by atoms with Gasteiger partial charge in [0.05, 0.1) is 29.2 Å². The van der Waals surface area contributed by atoms with Crippen molar-refractivity contribution >= 4 is 46.1 Å². The highest BCUT2D eigenvalue weighted by molar-refractivity contribution is 6.31. The van der Waals surface area contributed by atoms with Crippen molar-refractivity contribution in [3.05, 3.63) is 98.1 Å². The molecule has 4 rings (SSSR count). The normalized spacial score (nSPS) is 11.6. The third kappa shape index (κ3) is 5.89. The molecule has 206 valence electrons. The molecule has 0 aliphatic carbocycles. The number of nitrogens with zero attached hydrogens (tertiary/aromatic N) is 3. The van der Waals surface area contributed by atoms with Gasteiger partial charge in [0.1, 0.15) is 23.6 Å². The number of benzene rings is 2. The van der Waals surface area contributed by atoms with Gasteiger partial charge >= 0.3 is 17.9 Å². The summed E-state index contributed by atoms with van der Waals surface area (Å²) in [7, 11) is 1.10. The van der Waals surface area contributed by atoms with E-state index < -0.39 is 46.9 Å². The topological polar surface area (TPSA) is 161 Å². The second-order valence-corrected chi connectivity index (χ2v) is 8.55. The predicted molar refractivity (Wildman–Crippen MR) is 135 cm³/mol. The smallest absolute Gasteiger partial charge is 0.376 e. The van der Waals surface area contributed by atoms with Crippen LogP contribution in [0.25, 0.3) is 10.9 Å². The van der Waals surface area contributed by atoms with E-state index >= 15 is 0 Å². The molecule has 0 saturated carbocycles. The summed E-state index contributed by atoms with van der Waals surface area (Å²) in [5.41, 5.74) is -0.344. The van der Waals surface area contributed by atoms with E-state index in [4.69, 9.17) is 30.2 Å². The molecule has 1 unspecified atom stereocenters. The maximum atomic E-state index is 14.9. The fraction of sp³-hybridized carbons (Fsp3) is 0.192. The molecule has 0 fully saturated rings. The molecular weight excluding hydrogens is 553 g/mol. The van der Waals surface area contributed by atoms with Crippen LogP contribution in [0.5, 0.6) is 0 Å². The molecule has 0 radical (unpaired) electrons. The van der Waals surface area contributed by atoms with Gasteiger partial charge in [-0.1, -0.05) is 11.6 Å². The van der Waals surface area contributed by atoms with Crippen molar-refractivity contribution in [3.8, 4) is 0 Å². The lowest BCUT2D eigenvalue weighted by atomic mass is 9.97. The average Bonchev–Trinajstić information content (AvgIpc) is 3.35. The molecule has 4 aromatic rings. The Kier molecular flexibility index (Phi) is 8.34. The number of carbonyl (C=O) groups is 3. The summed E-state index contributed by atoms with van der Waals surface area (Å²) >= 11 is 5.99. The van der Waals surface area contributed by atoms with E-state index in [9.17, 15) is 28.9 Å². The lowest BCUT2D eigenvalue weighted by Crippen LogP contribution is -2.16. The van der Waals surface area contributed by atoms with Gasteiger partial charge in [0, 0.05) is 23.7 Å². The zero-order valence-corrected chi connectivity index (χ0v) is 21.6. The number of pyridine rings is 1. The number of ether oxygens (including phenoxy) is 3. The van der Waals surface area contributed by atoms with Crippen molar-refractivity contribution in [1.82, 2.24) is 9.97 Å². The largest absolute Gasteiger partial charge is 0.468 e. The summed E-state index contributed by atoms with van der Waals surface area (Å²) in [6, 6.07) is 8.60. The molecule has 2 aromatic heterocycles. The second-order valence-electron chi connectivity index (χ2n) is 8.11. The monoisotopic (exact) mass is 571 g/mol. The molecule has 0 amide bonds. The van der Waals surface area contributed by atoms with Gasteiger partial charge in [-0.05, 0) is 42.8 Å². The molecule has 40 heavy (non-hydrogen) atoms. The van der Waals surface area contributed by atoms with Crippen molar-refractivity contribution in [2.24, 2.45) is 0 Å². The van der Waals surface area contributed by atoms with Crippen LogP contribution in [0, 0.1) is 15.9 Å². The van der Waals surface area contributed by atoms with Crippen LogP contribution < -0.4 is 0 Å². The number of rotatable bonds is 9. The van der Waals surface area contributed by atoms with Crippen LogP contribution in [-0.2, 0) is 25.6 Å². The molecule has 12 nitrogen and oxygen atoms in total. The minimum Gasteiger partial charge on any atom is -0.468 e. The molecule has 1 atom stereocenters. The lowest BCUT2D eigenvalue weighted by molar-refractivity contribution is -0.384. The molecule has 0 aliphatic rings. The number of carbonyl (C=O) groups excluding carboxylic acids is 3. The van der Waals surface area contributed by atoms with Crippen molar-refractivity contribution in [2.75, 3.05) is 13.7 Å². The van der Waals surface area contributed by atoms with E-state index in [0.29, 0.717) is 0 Å². The van der Waals surface area contributed by atoms with Crippen molar-refractivity contribution in [1.29, 1.82) is 0 Å². The maximum Gasteiger partial charge on any atom is 0.376 e. The first kappa shape index (κ1) is 28.1. The number of esters is 3. The summed E-state index contributed by atoms with van der Waals surface area (Å²) in [6.45, 7) is 0.936. The number of non-ortho nitro benzene ring substituents is 1. The minimum atomic E-state index is -1.44. The maximum absolute atomic E-state index is 14.9. The van der Waals surface area contributed by atoms with E-state index in [1.54, 1.807) is 6.92 Å². The van der Waals surface area contributed by atoms with Gasteiger partial charge in [-0.3, -0.25) is 19.9 Å². The molecule has 0 spiro atoms.